The lowest BCUT2D eigenvalue weighted by Gasteiger charge is -2.17. The van der Waals surface area contributed by atoms with E-state index in [4.69, 9.17) is 5.73 Å². The molecule has 1 aromatic carbocycles. The van der Waals surface area contributed by atoms with Crippen molar-refractivity contribution in [3.8, 4) is 0 Å². The molecule has 3 heteroatoms. The summed E-state index contributed by atoms with van der Waals surface area (Å²) < 4.78 is 0. The molecule has 2 aromatic rings. The predicted molar refractivity (Wildman–Crippen MR) is 67.6 cm³/mol. The zero-order chi connectivity index (χ0) is 11.1. The number of nitrogens with zero attached hydrogens (tertiary/aromatic N) is 2. The molecule has 1 aromatic heterocycles. The Morgan fingerprint density at radius 2 is 2.06 bits per heavy atom. The van der Waals surface area contributed by atoms with E-state index >= 15 is 0 Å². The van der Waals surface area contributed by atoms with Gasteiger partial charge < -0.3 is 10.6 Å². The number of hydrogen-bond donors (Lipinski definition) is 1. The monoisotopic (exact) mass is 213 g/mol. The second-order valence-electron chi connectivity index (χ2n) is 4.46. The van der Waals surface area contributed by atoms with E-state index in [1.54, 1.807) is 0 Å². The van der Waals surface area contributed by atoms with Crippen molar-refractivity contribution in [2.24, 2.45) is 0 Å². The number of rotatable bonds is 2. The minimum Gasteiger partial charge on any atom is -0.399 e. The van der Waals surface area contributed by atoms with Crippen molar-refractivity contribution in [3.63, 3.8) is 0 Å². The van der Waals surface area contributed by atoms with Crippen LogP contribution in [0.2, 0.25) is 0 Å². The first-order valence-electron chi connectivity index (χ1n) is 5.63. The van der Waals surface area contributed by atoms with Crippen molar-refractivity contribution in [2.75, 3.05) is 17.7 Å². The summed E-state index contributed by atoms with van der Waals surface area (Å²) >= 11 is 0. The molecule has 0 amide bonds. The molecule has 0 unspecified atom stereocenters. The third-order valence-corrected chi connectivity index (χ3v) is 3.15. The van der Waals surface area contributed by atoms with Crippen molar-refractivity contribution < 1.29 is 0 Å². The molecule has 82 valence electrons. The zero-order valence-corrected chi connectivity index (χ0v) is 9.35. The maximum absolute atomic E-state index is 5.74. The van der Waals surface area contributed by atoms with Crippen LogP contribution < -0.4 is 10.6 Å². The minimum atomic E-state index is 0.693. The molecule has 1 saturated carbocycles. The second kappa shape index (κ2) is 3.37. The Morgan fingerprint density at radius 1 is 1.25 bits per heavy atom. The lowest BCUT2D eigenvalue weighted by atomic mass is 10.2. The fourth-order valence-corrected chi connectivity index (χ4v) is 1.98. The fourth-order valence-electron chi connectivity index (χ4n) is 1.98. The molecule has 0 radical (unpaired) electrons. The van der Waals surface area contributed by atoms with E-state index in [1.807, 2.05) is 18.2 Å². The molecule has 0 aliphatic heterocycles. The van der Waals surface area contributed by atoms with Crippen LogP contribution in [-0.2, 0) is 0 Å². The van der Waals surface area contributed by atoms with Gasteiger partial charge in [0, 0.05) is 24.2 Å². The van der Waals surface area contributed by atoms with Crippen LogP contribution in [0.15, 0.2) is 30.3 Å². The normalized spacial score (nSPS) is 15.3. The highest BCUT2D eigenvalue weighted by Gasteiger charge is 2.26. The van der Waals surface area contributed by atoms with Gasteiger partial charge in [0.1, 0.15) is 5.82 Å². The van der Waals surface area contributed by atoms with E-state index in [0.29, 0.717) is 6.04 Å². The number of aromatic nitrogens is 1. The third kappa shape index (κ3) is 1.58. The first-order valence-corrected chi connectivity index (χ1v) is 5.63. The average molecular weight is 213 g/mol. The van der Waals surface area contributed by atoms with E-state index < -0.39 is 0 Å². The molecule has 1 aliphatic carbocycles. The smallest absolute Gasteiger partial charge is 0.129 e. The number of fused-ring (bicyclic) bond motifs is 1. The molecule has 2 N–H and O–H groups in total. The van der Waals surface area contributed by atoms with E-state index in [-0.39, 0.29) is 0 Å². The Hall–Kier alpha value is -1.77. The van der Waals surface area contributed by atoms with Gasteiger partial charge in [-0.3, -0.25) is 0 Å². The highest BCUT2D eigenvalue weighted by Crippen LogP contribution is 2.30. The van der Waals surface area contributed by atoms with E-state index in [9.17, 15) is 0 Å². The predicted octanol–water partition coefficient (Wildman–Crippen LogP) is 2.42. The van der Waals surface area contributed by atoms with Gasteiger partial charge in [0.25, 0.3) is 0 Å². The minimum absolute atomic E-state index is 0.693. The Kier molecular flexibility index (Phi) is 1.99. The average Bonchev–Trinajstić information content (AvgIpc) is 3.11. The Morgan fingerprint density at radius 3 is 2.81 bits per heavy atom. The molecule has 1 heterocycles. The molecule has 1 aliphatic rings. The lowest BCUT2D eigenvalue weighted by molar-refractivity contribution is 0.897. The van der Waals surface area contributed by atoms with Gasteiger partial charge in [-0.15, -0.1) is 0 Å². The standard InChI is InChI=1S/C13H15N3/c1-16(11-4-5-11)13-7-2-9-8-10(14)3-6-12(9)15-13/h2-3,6-8,11H,4-5,14H2,1H3. The molecule has 0 spiro atoms. The maximum Gasteiger partial charge on any atom is 0.129 e. The van der Waals surface area contributed by atoms with Crippen LogP contribution in [0.3, 0.4) is 0 Å². The van der Waals surface area contributed by atoms with Crippen LogP contribution in [0.1, 0.15) is 12.8 Å². The van der Waals surface area contributed by atoms with Crippen LogP contribution in [-0.4, -0.2) is 18.1 Å². The number of hydrogen-bond acceptors (Lipinski definition) is 3. The number of anilines is 2. The summed E-state index contributed by atoms with van der Waals surface area (Å²) in [6, 6.07) is 10.7. The summed E-state index contributed by atoms with van der Waals surface area (Å²) in [6.45, 7) is 0. The SMILES string of the molecule is CN(c1ccc2cc(N)ccc2n1)C1CC1. The van der Waals surface area contributed by atoms with E-state index in [2.05, 4.69) is 29.1 Å². The number of nitrogens with two attached hydrogens (primary N) is 1. The molecule has 3 nitrogen and oxygen atoms in total. The molecule has 0 saturated heterocycles. The van der Waals surface area contributed by atoms with Crippen molar-refractivity contribution in [3.05, 3.63) is 30.3 Å². The molecule has 1 fully saturated rings. The third-order valence-electron chi connectivity index (χ3n) is 3.15. The second-order valence-corrected chi connectivity index (χ2v) is 4.46. The van der Waals surface area contributed by atoms with Gasteiger partial charge >= 0.3 is 0 Å². The Bertz CT molecular complexity index is 532. The Labute approximate surface area is 94.9 Å². The van der Waals surface area contributed by atoms with Crippen molar-refractivity contribution in [1.29, 1.82) is 0 Å². The zero-order valence-electron chi connectivity index (χ0n) is 9.35. The van der Waals surface area contributed by atoms with Gasteiger partial charge in [-0.1, -0.05) is 0 Å². The number of benzene rings is 1. The lowest BCUT2D eigenvalue weighted by Crippen LogP contribution is -2.20. The van der Waals surface area contributed by atoms with Crippen LogP contribution in [0, 0.1) is 0 Å². The van der Waals surface area contributed by atoms with Gasteiger partial charge in [0.15, 0.2) is 0 Å². The number of nitrogen functional groups attached to an aromatic ring is 1. The van der Waals surface area contributed by atoms with Crippen molar-refractivity contribution >= 4 is 22.4 Å². The topological polar surface area (TPSA) is 42.1 Å². The quantitative estimate of drug-likeness (QED) is 0.779. The van der Waals surface area contributed by atoms with Crippen LogP contribution in [0.4, 0.5) is 11.5 Å². The highest BCUT2D eigenvalue weighted by molar-refractivity contribution is 5.83. The largest absolute Gasteiger partial charge is 0.399 e. The molecule has 0 atom stereocenters. The van der Waals surface area contributed by atoms with Crippen LogP contribution in [0.5, 0.6) is 0 Å². The fraction of sp³-hybridized carbons (Fsp3) is 0.308. The molecular weight excluding hydrogens is 198 g/mol. The van der Waals surface area contributed by atoms with Gasteiger partial charge in [0.2, 0.25) is 0 Å². The number of pyridine rings is 1. The first kappa shape index (κ1) is 9.46. The summed E-state index contributed by atoms with van der Waals surface area (Å²) in [5.74, 6) is 1.06. The highest BCUT2D eigenvalue weighted by atomic mass is 15.2. The maximum atomic E-state index is 5.74. The molecule has 16 heavy (non-hydrogen) atoms. The summed E-state index contributed by atoms with van der Waals surface area (Å²) in [5.41, 5.74) is 7.54. The van der Waals surface area contributed by atoms with Gasteiger partial charge in [-0.05, 0) is 43.2 Å². The van der Waals surface area contributed by atoms with Crippen LogP contribution >= 0.6 is 0 Å². The molecule has 0 bridgehead atoms. The summed E-state index contributed by atoms with van der Waals surface area (Å²) in [5, 5.41) is 1.10. The first-order chi connectivity index (χ1) is 7.74. The van der Waals surface area contributed by atoms with Crippen LogP contribution in [0.25, 0.3) is 10.9 Å². The Balaban J connectivity index is 2.05. The summed E-state index contributed by atoms with van der Waals surface area (Å²) in [4.78, 5) is 6.91. The molecule has 3 rings (SSSR count). The van der Waals surface area contributed by atoms with Gasteiger partial charge in [-0.2, -0.15) is 0 Å². The van der Waals surface area contributed by atoms with Crippen molar-refractivity contribution in [1.82, 2.24) is 4.98 Å². The molecular formula is C13H15N3. The van der Waals surface area contributed by atoms with E-state index in [1.165, 1.54) is 12.8 Å². The van der Waals surface area contributed by atoms with Crippen molar-refractivity contribution in [2.45, 2.75) is 18.9 Å². The van der Waals surface area contributed by atoms with Gasteiger partial charge in [0.05, 0.1) is 5.52 Å². The van der Waals surface area contributed by atoms with E-state index in [0.717, 1.165) is 22.4 Å². The van der Waals surface area contributed by atoms with Gasteiger partial charge in [-0.25, -0.2) is 4.98 Å². The summed E-state index contributed by atoms with van der Waals surface area (Å²) in [7, 11) is 2.11. The summed E-state index contributed by atoms with van der Waals surface area (Å²) in [6.07, 6.45) is 2.58.